The number of nitrogens with one attached hydrogen (secondary N) is 1. The quantitative estimate of drug-likeness (QED) is 0.912. The summed E-state index contributed by atoms with van der Waals surface area (Å²) >= 11 is 0. The molecule has 2 heterocycles. The van der Waals surface area contributed by atoms with Crippen molar-refractivity contribution in [2.45, 2.75) is 71.8 Å². The van der Waals surface area contributed by atoms with E-state index in [1.54, 1.807) is 0 Å². The Morgan fingerprint density at radius 3 is 2.37 bits per heavy atom. The summed E-state index contributed by atoms with van der Waals surface area (Å²) in [7, 11) is 2.00. The summed E-state index contributed by atoms with van der Waals surface area (Å²) in [6.45, 7) is 13.7. The minimum Gasteiger partial charge on any atom is -0.368 e. The predicted octanol–water partition coefficient (Wildman–Crippen LogP) is 2.47. The fourth-order valence-corrected chi connectivity index (χ4v) is 3.18. The van der Waals surface area contributed by atoms with Crippen LogP contribution in [0.1, 0.15) is 51.1 Å². The molecular weight excluding hydrogens is 238 g/mol. The van der Waals surface area contributed by atoms with E-state index < -0.39 is 0 Å². The van der Waals surface area contributed by atoms with Crippen molar-refractivity contribution in [3.8, 4) is 0 Å². The van der Waals surface area contributed by atoms with Crippen LogP contribution in [0.3, 0.4) is 0 Å². The van der Waals surface area contributed by atoms with Crippen LogP contribution in [0.4, 0.5) is 0 Å². The SMILES string of the molecule is Cc1nn(C)c(C)c1CNC1CC(C)(C)OC1(C)C. The van der Waals surface area contributed by atoms with E-state index >= 15 is 0 Å². The van der Waals surface area contributed by atoms with Crippen LogP contribution in [0.5, 0.6) is 0 Å². The van der Waals surface area contributed by atoms with Gasteiger partial charge in [0.2, 0.25) is 0 Å². The second kappa shape index (κ2) is 4.60. The Morgan fingerprint density at radius 2 is 1.95 bits per heavy atom. The molecule has 1 unspecified atom stereocenters. The van der Waals surface area contributed by atoms with Crippen molar-refractivity contribution in [2.24, 2.45) is 7.05 Å². The highest BCUT2D eigenvalue weighted by Crippen LogP contribution is 2.37. The highest BCUT2D eigenvalue weighted by atomic mass is 16.5. The zero-order chi connectivity index (χ0) is 14.4. The molecule has 0 bridgehead atoms. The lowest BCUT2D eigenvalue weighted by Gasteiger charge is -2.28. The Morgan fingerprint density at radius 1 is 1.32 bits per heavy atom. The molecule has 1 aliphatic rings. The summed E-state index contributed by atoms with van der Waals surface area (Å²) in [5.74, 6) is 0. The third-order valence-corrected chi connectivity index (χ3v) is 4.26. The molecule has 0 amide bonds. The molecule has 19 heavy (non-hydrogen) atoms. The van der Waals surface area contributed by atoms with Crippen LogP contribution in [0.2, 0.25) is 0 Å². The lowest BCUT2D eigenvalue weighted by atomic mass is 9.94. The largest absolute Gasteiger partial charge is 0.368 e. The number of hydrogen-bond acceptors (Lipinski definition) is 3. The first kappa shape index (κ1) is 14.5. The molecule has 1 fully saturated rings. The van der Waals surface area contributed by atoms with E-state index in [0.29, 0.717) is 6.04 Å². The van der Waals surface area contributed by atoms with Crippen LogP contribution in [0.15, 0.2) is 0 Å². The predicted molar refractivity (Wildman–Crippen MR) is 77.2 cm³/mol. The Labute approximate surface area is 116 Å². The van der Waals surface area contributed by atoms with Crippen LogP contribution in [-0.4, -0.2) is 27.0 Å². The first-order valence-corrected chi connectivity index (χ1v) is 7.05. The second-order valence-corrected chi connectivity index (χ2v) is 6.88. The Kier molecular flexibility index (Phi) is 3.52. The van der Waals surface area contributed by atoms with Gasteiger partial charge in [-0.2, -0.15) is 5.10 Å². The number of aryl methyl sites for hydroxylation is 2. The van der Waals surface area contributed by atoms with Gasteiger partial charge in [0.15, 0.2) is 0 Å². The van der Waals surface area contributed by atoms with Crippen LogP contribution in [0.25, 0.3) is 0 Å². The lowest BCUT2D eigenvalue weighted by molar-refractivity contribution is -0.0699. The van der Waals surface area contributed by atoms with Crippen LogP contribution < -0.4 is 5.32 Å². The van der Waals surface area contributed by atoms with Crippen molar-refractivity contribution in [1.82, 2.24) is 15.1 Å². The van der Waals surface area contributed by atoms with Gasteiger partial charge in [-0.25, -0.2) is 0 Å². The minimum atomic E-state index is -0.118. The van der Waals surface area contributed by atoms with Gasteiger partial charge in [0, 0.05) is 30.9 Å². The van der Waals surface area contributed by atoms with Crippen LogP contribution >= 0.6 is 0 Å². The molecule has 0 spiro atoms. The molecule has 4 heteroatoms. The molecule has 0 aromatic carbocycles. The maximum atomic E-state index is 6.12. The van der Waals surface area contributed by atoms with Gasteiger partial charge in [0.25, 0.3) is 0 Å². The van der Waals surface area contributed by atoms with Gasteiger partial charge in [-0.05, 0) is 48.0 Å². The summed E-state index contributed by atoms with van der Waals surface area (Å²) < 4.78 is 8.07. The van der Waals surface area contributed by atoms with E-state index in [0.717, 1.165) is 18.7 Å². The van der Waals surface area contributed by atoms with Gasteiger partial charge in [-0.15, -0.1) is 0 Å². The van der Waals surface area contributed by atoms with Crippen LogP contribution in [0, 0.1) is 13.8 Å². The number of nitrogens with zero attached hydrogens (tertiary/aromatic N) is 2. The maximum absolute atomic E-state index is 6.12. The van der Waals surface area contributed by atoms with E-state index in [1.807, 2.05) is 11.7 Å². The first-order chi connectivity index (χ1) is 8.62. The van der Waals surface area contributed by atoms with Crippen molar-refractivity contribution >= 4 is 0 Å². The zero-order valence-electron chi connectivity index (χ0n) is 13.3. The average Bonchev–Trinajstić information content (AvgIpc) is 2.59. The molecular formula is C15H27N3O. The summed E-state index contributed by atoms with van der Waals surface area (Å²) in [6, 6.07) is 0.376. The molecule has 1 aromatic rings. The minimum absolute atomic E-state index is 0.0415. The van der Waals surface area contributed by atoms with E-state index in [4.69, 9.17) is 4.74 Å². The highest BCUT2D eigenvalue weighted by molar-refractivity contribution is 5.24. The van der Waals surface area contributed by atoms with Gasteiger partial charge in [0.05, 0.1) is 16.9 Å². The van der Waals surface area contributed by atoms with Gasteiger partial charge >= 0.3 is 0 Å². The van der Waals surface area contributed by atoms with Gasteiger partial charge < -0.3 is 10.1 Å². The Balaban J connectivity index is 2.07. The van der Waals surface area contributed by atoms with Crippen molar-refractivity contribution in [3.63, 3.8) is 0 Å². The number of ether oxygens (including phenoxy) is 1. The summed E-state index contributed by atoms with van der Waals surface area (Å²) in [6.07, 6.45) is 1.04. The van der Waals surface area contributed by atoms with E-state index in [9.17, 15) is 0 Å². The molecule has 1 N–H and O–H groups in total. The normalized spacial score (nSPS) is 24.9. The van der Waals surface area contributed by atoms with Gasteiger partial charge in [0.1, 0.15) is 0 Å². The molecule has 108 valence electrons. The monoisotopic (exact) mass is 265 g/mol. The summed E-state index contributed by atoms with van der Waals surface area (Å²) in [5, 5.41) is 8.13. The fraction of sp³-hybridized carbons (Fsp3) is 0.800. The van der Waals surface area contributed by atoms with Gasteiger partial charge in [-0.3, -0.25) is 4.68 Å². The molecule has 4 nitrogen and oxygen atoms in total. The van der Waals surface area contributed by atoms with E-state index in [2.05, 4.69) is 52.0 Å². The standard InChI is InChI=1S/C15H27N3O/c1-10-12(11(2)18(7)17-10)9-16-13-8-14(3,4)19-15(13,5)6/h13,16H,8-9H2,1-7H3. The van der Waals surface area contributed by atoms with E-state index in [-0.39, 0.29) is 11.2 Å². The van der Waals surface area contributed by atoms with Crippen molar-refractivity contribution < 1.29 is 4.74 Å². The molecule has 1 aliphatic heterocycles. The number of hydrogen-bond donors (Lipinski definition) is 1. The smallest absolute Gasteiger partial charge is 0.0787 e. The van der Waals surface area contributed by atoms with Gasteiger partial charge in [-0.1, -0.05) is 0 Å². The Hall–Kier alpha value is -0.870. The average molecular weight is 265 g/mol. The highest BCUT2D eigenvalue weighted by Gasteiger charge is 2.45. The number of rotatable bonds is 3. The van der Waals surface area contributed by atoms with Crippen molar-refractivity contribution in [2.75, 3.05) is 0 Å². The summed E-state index contributed by atoms with van der Waals surface area (Å²) in [4.78, 5) is 0. The van der Waals surface area contributed by atoms with Crippen molar-refractivity contribution in [3.05, 3.63) is 17.0 Å². The lowest BCUT2D eigenvalue weighted by Crippen LogP contribution is -2.43. The second-order valence-electron chi connectivity index (χ2n) is 6.88. The molecule has 0 radical (unpaired) electrons. The van der Waals surface area contributed by atoms with Crippen molar-refractivity contribution in [1.29, 1.82) is 0 Å². The molecule has 1 aromatic heterocycles. The van der Waals surface area contributed by atoms with Crippen LogP contribution in [-0.2, 0) is 18.3 Å². The molecule has 1 saturated heterocycles. The first-order valence-electron chi connectivity index (χ1n) is 7.05. The third kappa shape index (κ3) is 2.84. The Bertz CT molecular complexity index is 474. The molecule has 0 aliphatic carbocycles. The summed E-state index contributed by atoms with van der Waals surface area (Å²) in [5.41, 5.74) is 3.50. The number of aromatic nitrogens is 2. The maximum Gasteiger partial charge on any atom is 0.0787 e. The topological polar surface area (TPSA) is 39.1 Å². The molecule has 0 saturated carbocycles. The zero-order valence-corrected chi connectivity index (χ0v) is 13.3. The molecule has 2 rings (SSSR count). The third-order valence-electron chi connectivity index (χ3n) is 4.26. The van der Waals surface area contributed by atoms with E-state index in [1.165, 1.54) is 11.3 Å². The molecule has 1 atom stereocenters. The fourth-order valence-electron chi connectivity index (χ4n) is 3.18.